The van der Waals surface area contributed by atoms with E-state index < -0.39 is 0 Å². The normalized spacial score (nSPS) is 17.2. The summed E-state index contributed by atoms with van der Waals surface area (Å²) < 4.78 is 7.47. The van der Waals surface area contributed by atoms with E-state index in [1.54, 1.807) is 11.8 Å². The molecular formula is C21H26N4O3. The van der Waals surface area contributed by atoms with Gasteiger partial charge in [-0.1, -0.05) is 30.3 Å². The number of hydrogen-bond donors (Lipinski definition) is 1. The number of rotatable bonds is 4. The molecule has 1 aromatic carbocycles. The van der Waals surface area contributed by atoms with Gasteiger partial charge >= 0.3 is 0 Å². The summed E-state index contributed by atoms with van der Waals surface area (Å²) in [4.78, 5) is 31.3. The molecule has 2 aliphatic heterocycles. The summed E-state index contributed by atoms with van der Waals surface area (Å²) in [6.45, 7) is 5.38. The maximum atomic E-state index is 13.0. The van der Waals surface area contributed by atoms with Gasteiger partial charge in [0.2, 0.25) is 5.91 Å². The smallest absolute Gasteiger partial charge is 0.271 e. The molecule has 2 aliphatic rings. The molecule has 0 atom stereocenters. The van der Waals surface area contributed by atoms with Crippen molar-refractivity contribution in [2.75, 3.05) is 26.3 Å². The standard InChI is InChI=1S/C21H26N4O3/c1-15(26)24-9-10-25-18(14-24)19(23-20(25)17-5-3-2-4-6-17)21(27)22-13-16-7-11-28-12-8-16/h2-6,16H,7-14H2,1H3,(H,22,27). The number of aromatic nitrogens is 2. The Bertz CT molecular complexity index is 856. The molecule has 4 rings (SSSR count). The fourth-order valence-corrected chi connectivity index (χ4v) is 3.90. The van der Waals surface area contributed by atoms with Crippen molar-refractivity contribution in [3.63, 3.8) is 0 Å². The summed E-state index contributed by atoms with van der Waals surface area (Å²) in [5.74, 6) is 1.08. The molecule has 148 valence electrons. The van der Waals surface area contributed by atoms with Crippen molar-refractivity contribution in [1.82, 2.24) is 19.8 Å². The van der Waals surface area contributed by atoms with Crippen LogP contribution in [0.1, 0.15) is 35.9 Å². The van der Waals surface area contributed by atoms with Gasteiger partial charge in [-0.3, -0.25) is 9.59 Å². The van der Waals surface area contributed by atoms with E-state index in [1.165, 1.54) is 0 Å². The van der Waals surface area contributed by atoms with Crippen LogP contribution in [0, 0.1) is 5.92 Å². The van der Waals surface area contributed by atoms with Crippen molar-refractivity contribution in [1.29, 1.82) is 0 Å². The molecule has 3 heterocycles. The number of carbonyl (C=O) groups is 2. The number of fused-ring (bicyclic) bond motifs is 1. The highest BCUT2D eigenvalue weighted by molar-refractivity contribution is 5.94. The molecular weight excluding hydrogens is 356 g/mol. The summed E-state index contributed by atoms with van der Waals surface area (Å²) >= 11 is 0. The lowest BCUT2D eigenvalue weighted by molar-refractivity contribution is -0.130. The Morgan fingerprint density at radius 3 is 2.64 bits per heavy atom. The molecule has 7 nitrogen and oxygen atoms in total. The summed E-state index contributed by atoms with van der Waals surface area (Å²) in [7, 11) is 0. The maximum Gasteiger partial charge on any atom is 0.271 e. The fourth-order valence-electron chi connectivity index (χ4n) is 3.90. The molecule has 1 N–H and O–H groups in total. The lowest BCUT2D eigenvalue weighted by atomic mass is 10.0. The summed E-state index contributed by atoms with van der Waals surface area (Å²) in [5.41, 5.74) is 2.21. The number of amides is 2. The van der Waals surface area contributed by atoms with Crippen molar-refractivity contribution >= 4 is 11.8 Å². The molecule has 1 aromatic heterocycles. The van der Waals surface area contributed by atoms with Crippen LogP contribution in [0.25, 0.3) is 11.4 Å². The first-order valence-electron chi connectivity index (χ1n) is 9.89. The van der Waals surface area contributed by atoms with E-state index in [0.717, 1.165) is 43.1 Å². The number of nitrogens with one attached hydrogen (secondary N) is 1. The fraction of sp³-hybridized carbons (Fsp3) is 0.476. The van der Waals surface area contributed by atoms with Gasteiger partial charge in [-0.05, 0) is 18.8 Å². The van der Waals surface area contributed by atoms with Crippen molar-refractivity contribution in [2.24, 2.45) is 5.92 Å². The number of ether oxygens (including phenoxy) is 1. The zero-order valence-corrected chi connectivity index (χ0v) is 16.2. The monoisotopic (exact) mass is 382 g/mol. The van der Waals surface area contributed by atoms with Crippen LogP contribution in [0.3, 0.4) is 0 Å². The second-order valence-electron chi connectivity index (χ2n) is 7.45. The molecule has 7 heteroatoms. The molecule has 0 radical (unpaired) electrons. The Morgan fingerprint density at radius 2 is 1.93 bits per heavy atom. The highest BCUT2D eigenvalue weighted by Gasteiger charge is 2.29. The predicted molar refractivity (Wildman–Crippen MR) is 105 cm³/mol. The van der Waals surface area contributed by atoms with Crippen molar-refractivity contribution < 1.29 is 14.3 Å². The molecule has 0 saturated carbocycles. The molecule has 2 amide bonds. The summed E-state index contributed by atoms with van der Waals surface area (Å²) in [6, 6.07) is 9.88. The Hall–Kier alpha value is -2.67. The van der Waals surface area contributed by atoms with E-state index in [1.807, 2.05) is 30.3 Å². The molecule has 0 aliphatic carbocycles. The van der Waals surface area contributed by atoms with Crippen LogP contribution in [-0.2, 0) is 22.6 Å². The van der Waals surface area contributed by atoms with Crippen molar-refractivity contribution in [3.8, 4) is 11.4 Å². The molecule has 0 unspecified atom stereocenters. The number of hydrogen-bond acceptors (Lipinski definition) is 4. The minimum Gasteiger partial charge on any atom is -0.381 e. The number of nitrogens with zero attached hydrogens (tertiary/aromatic N) is 3. The second-order valence-corrected chi connectivity index (χ2v) is 7.45. The maximum absolute atomic E-state index is 13.0. The van der Waals surface area contributed by atoms with E-state index in [2.05, 4.69) is 9.88 Å². The Balaban J connectivity index is 1.61. The number of carbonyl (C=O) groups excluding carboxylic acids is 2. The zero-order chi connectivity index (χ0) is 19.5. The minimum atomic E-state index is -0.164. The van der Waals surface area contributed by atoms with Gasteiger partial charge in [0.25, 0.3) is 5.91 Å². The summed E-state index contributed by atoms with van der Waals surface area (Å²) in [5, 5.41) is 3.05. The lowest BCUT2D eigenvalue weighted by Crippen LogP contribution is -2.38. The Morgan fingerprint density at radius 1 is 1.18 bits per heavy atom. The molecule has 0 bridgehead atoms. The third kappa shape index (κ3) is 3.80. The van der Waals surface area contributed by atoms with Gasteiger partial charge in [0.05, 0.1) is 12.2 Å². The van der Waals surface area contributed by atoms with Crippen LogP contribution in [0.5, 0.6) is 0 Å². The first kappa shape index (κ1) is 18.7. The third-order valence-corrected chi connectivity index (χ3v) is 5.59. The van der Waals surface area contributed by atoms with E-state index in [0.29, 0.717) is 37.8 Å². The van der Waals surface area contributed by atoms with Gasteiger partial charge in [-0.2, -0.15) is 0 Å². The van der Waals surface area contributed by atoms with Crippen LogP contribution < -0.4 is 5.32 Å². The lowest BCUT2D eigenvalue weighted by Gasteiger charge is -2.28. The van der Waals surface area contributed by atoms with Gasteiger partial charge in [-0.15, -0.1) is 0 Å². The van der Waals surface area contributed by atoms with Gasteiger partial charge in [0.15, 0.2) is 5.69 Å². The van der Waals surface area contributed by atoms with Crippen LogP contribution >= 0.6 is 0 Å². The van der Waals surface area contributed by atoms with Gasteiger partial charge in [0, 0.05) is 45.3 Å². The SMILES string of the molecule is CC(=O)N1CCn2c(-c3ccccc3)nc(C(=O)NCC3CCOCC3)c2C1. The van der Waals surface area contributed by atoms with Gasteiger partial charge in [0.1, 0.15) is 5.82 Å². The third-order valence-electron chi connectivity index (χ3n) is 5.59. The topological polar surface area (TPSA) is 76.5 Å². The first-order chi connectivity index (χ1) is 13.6. The van der Waals surface area contributed by atoms with E-state index in [9.17, 15) is 9.59 Å². The second kappa shape index (κ2) is 8.14. The summed E-state index contributed by atoms with van der Waals surface area (Å²) in [6.07, 6.45) is 1.93. The predicted octanol–water partition coefficient (Wildman–Crippen LogP) is 2.07. The van der Waals surface area contributed by atoms with Crippen LogP contribution in [0.2, 0.25) is 0 Å². The van der Waals surface area contributed by atoms with E-state index >= 15 is 0 Å². The average molecular weight is 382 g/mol. The molecule has 2 aromatic rings. The van der Waals surface area contributed by atoms with Crippen LogP contribution in [-0.4, -0.2) is 52.6 Å². The van der Waals surface area contributed by atoms with Crippen LogP contribution in [0.15, 0.2) is 30.3 Å². The minimum absolute atomic E-state index is 0.0160. The highest BCUT2D eigenvalue weighted by Crippen LogP contribution is 2.26. The van der Waals surface area contributed by atoms with E-state index in [-0.39, 0.29) is 11.8 Å². The quantitative estimate of drug-likeness (QED) is 0.878. The van der Waals surface area contributed by atoms with Crippen molar-refractivity contribution in [3.05, 3.63) is 41.7 Å². The Labute approximate surface area is 164 Å². The number of benzene rings is 1. The Kier molecular flexibility index (Phi) is 5.43. The molecule has 28 heavy (non-hydrogen) atoms. The number of imidazole rings is 1. The molecule has 1 saturated heterocycles. The first-order valence-corrected chi connectivity index (χ1v) is 9.89. The highest BCUT2D eigenvalue weighted by atomic mass is 16.5. The van der Waals surface area contributed by atoms with Crippen LogP contribution in [0.4, 0.5) is 0 Å². The largest absolute Gasteiger partial charge is 0.381 e. The van der Waals surface area contributed by atoms with Gasteiger partial charge in [-0.25, -0.2) is 4.98 Å². The molecule has 0 spiro atoms. The molecule has 1 fully saturated rings. The average Bonchev–Trinajstić information content (AvgIpc) is 3.12. The zero-order valence-electron chi connectivity index (χ0n) is 16.2. The van der Waals surface area contributed by atoms with Gasteiger partial charge < -0.3 is 19.5 Å². The van der Waals surface area contributed by atoms with Crippen molar-refractivity contribution in [2.45, 2.75) is 32.9 Å². The van der Waals surface area contributed by atoms with E-state index in [4.69, 9.17) is 9.72 Å².